The molecule has 0 amide bonds. The highest BCUT2D eigenvalue weighted by Gasteiger charge is 2.14. The number of benzene rings is 1. The molecular formula is C16H22N2O2. The summed E-state index contributed by atoms with van der Waals surface area (Å²) in [4.78, 5) is 0. The molecule has 0 spiro atoms. The minimum Gasteiger partial charge on any atom is -0.497 e. The highest BCUT2D eigenvalue weighted by atomic mass is 16.5. The fourth-order valence-electron chi connectivity index (χ4n) is 2.31. The first kappa shape index (κ1) is 14.3. The van der Waals surface area contributed by atoms with E-state index in [1.54, 1.807) is 14.2 Å². The van der Waals surface area contributed by atoms with E-state index in [-0.39, 0.29) is 6.04 Å². The predicted octanol–water partition coefficient (Wildman–Crippen LogP) is 3.43. The van der Waals surface area contributed by atoms with Gasteiger partial charge in [-0.05, 0) is 51.1 Å². The summed E-state index contributed by atoms with van der Waals surface area (Å²) in [5, 5.41) is 0. The van der Waals surface area contributed by atoms with E-state index in [0.29, 0.717) is 0 Å². The number of aryl methyl sites for hydroxylation is 2. The third-order valence-electron chi connectivity index (χ3n) is 3.50. The van der Waals surface area contributed by atoms with E-state index in [4.69, 9.17) is 9.47 Å². The molecule has 4 heteroatoms. The Kier molecular flexibility index (Phi) is 4.23. The number of nitrogens with one attached hydrogen (secondary N) is 1. The van der Waals surface area contributed by atoms with Gasteiger partial charge in [-0.1, -0.05) is 0 Å². The molecule has 1 heterocycles. The maximum Gasteiger partial charge on any atom is 0.124 e. The highest BCUT2D eigenvalue weighted by molar-refractivity contribution is 5.43. The average Bonchev–Trinajstić information content (AvgIpc) is 2.78. The standard InChI is InChI=1S/C16H22N2O2/c1-11-6-7-12(2)18(11)17-13(3)15-10-14(19-4)8-9-16(15)20-5/h6-10,13,17H,1-5H3. The zero-order valence-electron chi connectivity index (χ0n) is 12.7. The Hall–Kier alpha value is -2.10. The molecule has 0 bridgehead atoms. The Bertz CT molecular complexity index is 571. The lowest BCUT2D eigenvalue weighted by atomic mass is 10.1. The monoisotopic (exact) mass is 274 g/mol. The van der Waals surface area contributed by atoms with Crippen molar-refractivity contribution in [3.05, 3.63) is 47.3 Å². The normalized spacial score (nSPS) is 12.1. The first-order chi connectivity index (χ1) is 9.56. The van der Waals surface area contributed by atoms with Crippen LogP contribution in [0.15, 0.2) is 30.3 Å². The van der Waals surface area contributed by atoms with Gasteiger partial charge in [-0.15, -0.1) is 0 Å². The van der Waals surface area contributed by atoms with Crippen molar-refractivity contribution in [2.24, 2.45) is 0 Å². The molecule has 108 valence electrons. The van der Waals surface area contributed by atoms with Crippen LogP contribution in [0.1, 0.15) is 29.9 Å². The molecule has 0 aliphatic rings. The van der Waals surface area contributed by atoms with Gasteiger partial charge in [0.2, 0.25) is 0 Å². The first-order valence-electron chi connectivity index (χ1n) is 6.70. The van der Waals surface area contributed by atoms with Crippen molar-refractivity contribution in [3.63, 3.8) is 0 Å². The van der Waals surface area contributed by atoms with Crippen LogP contribution in [0.5, 0.6) is 11.5 Å². The Morgan fingerprint density at radius 2 is 1.65 bits per heavy atom. The summed E-state index contributed by atoms with van der Waals surface area (Å²) < 4.78 is 12.8. The van der Waals surface area contributed by atoms with Gasteiger partial charge in [-0.2, -0.15) is 0 Å². The minimum atomic E-state index is 0.102. The highest BCUT2D eigenvalue weighted by Crippen LogP contribution is 2.30. The third kappa shape index (κ3) is 2.74. The van der Waals surface area contributed by atoms with Gasteiger partial charge < -0.3 is 14.9 Å². The van der Waals surface area contributed by atoms with Gasteiger partial charge in [0.15, 0.2) is 0 Å². The summed E-state index contributed by atoms with van der Waals surface area (Å²) in [5.74, 6) is 1.68. The smallest absolute Gasteiger partial charge is 0.124 e. The van der Waals surface area contributed by atoms with Crippen molar-refractivity contribution < 1.29 is 9.47 Å². The van der Waals surface area contributed by atoms with Gasteiger partial charge in [-0.3, -0.25) is 4.68 Å². The van der Waals surface area contributed by atoms with E-state index in [2.05, 4.69) is 43.0 Å². The zero-order chi connectivity index (χ0) is 14.7. The van der Waals surface area contributed by atoms with Crippen molar-refractivity contribution in [3.8, 4) is 11.5 Å². The lowest BCUT2D eigenvalue weighted by Crippen LogP contribution is -2.21. The summed E-state index contributed by atoms with van der Waals surface area (Å²) >= 11 is 0. The van der Waals surface area contributed by atoms with E-state index in [1.165, 1.54) is 11.4 Å². The molecular weight excluding hydrogens is 252 g/mol. The van der Waals surface area contributed by atoms with Gasteiger partial charge >= 0.3 is 0 Å². The molecule has 1 aromatic carbocycles. The van der Waals surface area contributed by atoms with Gasteiger partial charge in [0, 0.05) is 17.0 Å². The molecule has 0 saturated carbocycles. The van der Waals surface area contributed by atoms with E-state index < -0.39 is 0 Å². The number of methoxy groups -OCH3 is 2. The lowest BCUT2D eigenvalue weighted by molar-refractivity contribution is 0.396. The van der Waals surface area contributed by atoms with Crippen LogP contribution in [-0.2, 0) is 0 Å². The lowest BCUT2D eigenvalue weighted by Gasteiger charge is -2.22. The van der Waals surface area contributed by atoms with Crippen LogP contribution in [0, 0.1) is 13.8 Å². The largest absolute Gasteiger partial charge is 0.497 e. The average molecular weight is 274 g/mol. The quantitative estimate of drug-likeness (QED) is 0.907. The molecule has 1 N–H and O–H groups in total. The molecule has 1 unspecified atom stereocenters. The van der Waals surface area contributed by atoms with Crippen LogP contribution >= 0.6 is 0 Å². The molecule has 0 aliphatic carbocycles. The minimum absolute atomic E-state index is 0.102. The Morgan fingerprint density at radius 1 is 1.00 bits per heavy atom. The Balaban J connectivity index is 2.30. The van der Waals surface area contributed by atoms with Crippen molar-refractivity contribution in [1.29, 1.82) is 0 Å². The number of rotatable bonds is 5. The number of ether oxygens (including phenoxy) is 2. The van der Waals surface area contributed by atoms with E-state index >= 15 is 0 Å². The fraction of sp³-hybridized carbons (Fsp3) is 0.375. The van der Waals surface area contributed by atoms with E-state index in [9.17, 15) is 0 Å². The van der Waals surface area contributed by atoms with Crippen LogP contribution < -0.4 is 14.9 Å². The zero-order valence-corrected chi connectivity index (χ0v) is 12.7. The third-order valence-corrected chi connectivity index (χ3v) is 3.50. The SMILES string of the molecule is COc1ccc(OC)c(C(C)Nn2c(C)ccc2C)c1. The summed E-state index contributed by atoms with van der Waals surface area (Å²) in [6, 6.07) is 10.1. The molecule has 1 aromatic heterocycles. The van der Waals surface area contributed by atoms with E-state index in [0.717, 1.165) is 17.1 Å². The van der Waals surface area contributed by atoms with Gasteiger partial charge in [0.05, 0.1) is 20.3 Å². The van der Waals surface area contributed by atoms with Gasteiger partial charge in [0.1, 0.15) is 11.5 Å². The molecule has 0 aliphatic heterocycles. The molecule has 2 rings (SSSR count). The molecule has 1 atom stereocenters. The van der Waals surface area contributed by atoms with E-state index in [1.807, 2.05) is 18.2 Å². The maximum absolute atomic E-state index is 5.44. The van der Waals surface area contributed by atoms with Crippen LogP contribution in [-0.4, -0.2) is 18.9 Å². The topological polar surface area (TPSA) is 35.4 Å². The van der Waals surface area contributed by atoms with Crippen LogP contribution in [0.2, 0.25) is 0 Å². The maximum atomic E-state index is 5.44. The Labute approximate surface area is 120 Å². The second-order valence-electron chi connectivity index (χ2n) is 4.91. The van der Waals surface area contributed by atoms with Crippen molar-refractivity contribution in [2.45, 2.75) is 26.8 Å². The Morgan fingerprint density at radius 3 is 2.20 bits per heavy atom. The summed E-state index contributed by atoms with van der Waals surface area (Å²) in [7, 11) is 3.36. The number of hydrogen-bond donors (Lipinski definition) is 1. The fourth-order valence-corrected chi connectivity index (χ4v) is 2.31. The first-order valence-corrected chi connectivity index (χ1v) is 6.70. The number of nitrogens with zero attached hydrogens (tertiary/aromatic N) is 1. The predicted molar refractivity (Wildman–Crippen MR) is 81.2 cm³/mol. The summed E-state index contributed by atoms with van der Waals surface area (Å²) in [5.41, 5.74) is 6.90. The van der Waals surface area contributed by atoms with Crippen LogP contribution in [0.4, 0.5) is 0 Å². The second-order valence-corrected chi connectivity index (χ2v) is 4.91. The number of aromatic nitrogens is 1. The van der Waals surface area contributed by atoms with Crippen molar-refractivity contribution in [2.75, 3.05) is 19.6 Å². The molecule has 4 nitrogen and oxygen atoms in total. The van der Waals surface area contributed by atoms with Gasteiger partial charge in [0.25, 0.3) is 0 Å². The molecule has 2 aromatic rings. The molecule has 0 fully saturated rings. The molecule has 0 saturated heterocycles. The van der Waals surface area contributed by atoms with Gasteiger partial charge in [-0.25, -0.2) is 0 Å². The van der Waals surface area contributed by atoms with Crippen molar-refractivity contribution in [1.82, 2.24) is 4.68 Å². The van der Waals surface area contributed by atoms with Crippen LogP contribution in [0.25, 0.3) is 0 Å². The van der Waals surface area contributed by atoms with Crippen molar-refractivity contribution >= 4 is 0 Å². The molecule has 20 heavy (non-hydrogen) atoms. The second kappa shape index (κ2) is 5.90. The summed E-state index contributed by atoms with van der Waals surface area (Å²) in [6.45, 7) is 6.27. The summed E-state index contributed by atoms with van der Waals surface area (Å²) in [6.07, 6.45) is 0. The van der Waals surface area contributed by atoms with Crippen LogP contribution in [0.3, 0.4) is 0 Å². The number of hydrogen-bond acceptors (Lipinski definition) is 3. The molecule has 0 radical (unpaired) electrons.